The SMILES string of the molecule is COc1c(CC(C)C(=O)O)ccc(C(F)(F)F)c1OC. The van der Waals surface area contributed by atoms with Crippen LogP contribution in [0.15, 0.2) is 12.1 Å². The van der Waals surface area contributed by atoms with Crippen LogP contribution in [0.25, 0.3) is 0 Å². The molecule has 4 nitrogen and oxygen atoms in total. The summed E-state index contributed by atoms with van der Waals surface area (Å²) in [6.45, 7) is 1.46. The second kappa shape index (κ2) is 6.02. The van der Waals surface area contributed by atoms with Crippen molar-refractivity contribution in [1.82, 2.24) is 0 Å². The van der Waals surface area contributed by atoms with Crippen LogP contribution in [0.5, 0.6) is 11.5 Å². The van der Waals surface area contributed by atoms with Crippen molar-refractivity contribution in [2.24, 2.45) is 5.92 Å². The summed E-state index contributed by atoms with van der Waals surface area (Å²) in [5, 5.41) is 8.87. The van der Waals surface area contributed by atoms with Gasteiger partial charge in [-0.3, -0.25) is 4.79 Å². The summed E-state index contributed by atoms with van der Waals surface area (Å²) >= 11 is 0. The van der Waals surface area contributed by atoms with Crippen LogP contribution in [0, 0.1) is 5.92 Å². The number of aliphatic carboxylic acids is 1. The van der Waals surface area contributed by atoms with Gasteiger partial charge in [0.2, 0.25) is 0 Å². The highest BCUT2D eigenvalue weighted by Gasteiger charge is 2.36. The molecule has 0 aromatic heterocycles. The Morgan fingerprint density at radius 3 is 2.20 bits per heavy atom. The summed E-state index contributed by atoms with van der Waals surface area (Å²) in [5.74, 6) is -2.30. The molecule has 0 heterocycles. The summed E-state index contributed by atoms with van der Waals surface area (Å²) in [6, 6.07) is 2.08. The fraction of sp³-hybridized carbons (Fsp3) is 0.462. The second-order valence-electron chi connectivity index (χ2n) is 4.28. The number of hydrogen-bond donors (Lipinski definition) is 1. The smallest absolute Gasteiger partial charge is 0.420 e. The number of rotatable bonds is 5. The summed E-state index contributed by atoms with van der Waals surface area (Å²) in [6.07, 6.45) is -4.53. The van der Waals surface area contributed by atoms with E-state index in [1.165, 1.54) is 20.1 Å². The monoisotopic (exact) mass is 292 g/mol. The standard InChI is InChI=1S/C13H15F3O4/c1-7(12(17)18)6-8-4-5-9(13(14,15)16)11(20-3)10(8)19-2/h4-5,7H,6H2,1-3H3,(H,17,18). The molecule has 1 rings (SSSR count). The average molecular weight is 292 g/mol. The fourth-order valence-corrected chi connectivity index (χ4v) is 1.83. The number of ether oxygens (including phenoxy) is 2. The van der Waals surface area contributed by atoms with Crippen molar-refractivity contribution in [1.29, 1.82) is 0 Å². The molecule has 1 unspecified atom stereocenters. The minimum absolute atomic E-state index is 0.0486. The van der Waals surface area contributed by atoms with Crippen LogP contribution in [-0.4, -0.2) is 25.3 Å². The van der Waals surface area contributed by atoms with Gasteiger partial charge in [-0.2, -0.15) is 13.2 Å². The van der Waals surface area contributed by atoms with E-state index in [1.54, 1.807) is 0 Å². The minimum Gasteiger partial charge on any atom is -0.493 e. The van der Waals surface area contributed by atoms with E-state index < -0.39 is 29.4 Å². The first-order valence-electron chi connectivity index (χ1n) is 5.76. The van der Waals surface area contributed by atoms with E-state index in [0.717, 1.165) is 13.2 Å². The second-order valence-corrected chi connectivity index (χ2v) is 4.28. The molecule has 0 saturated carbocycles. The molecule has 0 spiro atoms. The lowest BCUT2D eigenvalue weighted by molar-refractivity contribution is -0.141. The molecule has 1 aromatic rings. The van der Waals surface area contributed by atoms with Crippen molar-refractivity contribution >= 4 is 5.97 Å². The van der Waals surface area contributed by atoms with E-state index in [0.29, 0.717) is 5.56 Å². The first-order chi connectivity index (χ1) is 9.22. The first kappa shape index (κ1) is 16.1. The van der Waals surface area contributed by atoms with Crippen molar-refractivity contribution in [2.75, 3.05) is 14.2 Å². The predicted molar refractivity (Wildman–Crippen MR) is 65.1 cm³/mol. The lowest BCUT2D eigenvalue weighted by atomic mass is 9.98. The predicted octanol–water partition coefficient (Wildman–Crippen LogP) is 2.99. The molecule has 1 aromatic carbocycles. The maximum absolute atomic E-state index is 12.8. The molecule has 0 amide bonds. The molecule has 0 bridgehead atoms. The Balaban J connectivity index is 3.32. The van der Waals surface area contributed by atoms with Gasteiger partial charge in [-0.25, -0.2) is 0 Å². The average Bonchev–Trinajstić information content (AvgIpc) is 2.36. The number of hydrogen-bond acceptors (Lipinski definition) is 3. The Bertz CT molecular complexity index is 497. The van der Waals surface area contributed by atoms with Crippen molar-refractivity contribution in [3.63, 3.8) is 0 Å². The number of carbonyl (C=O) groups is 1. The highest BCUT2D eigenvalue weighted by molar-refractivity contribution is 5.70. The van der Waals surface area contributed by atoms with Crippen molar-refractivity contribution in [3.05, 3.63) is 23.3 Å². The lowest BCUT2D eigenvalue weighted by Gasteiger charge is -2.18. The molecule has 1 atom stereocenters. The summed E-state index contributed by atoms with van der Waals surface area (Å²) in [7, 11) is 2.32. The maximum atomic E-state index is 12.8. The molecule has 7 heteroatoms. The third-order valence-corrected chi connectivity index (χ3v) is 2.86. The number of alkyl halides is 3. The van der Waals surface area contributed by atoms with Gasteiger partial charge in [0.1, 0.15) is 5.56 Å². The van der Waals surface area contributed by atoms with Crippen LogP contribution in [0.4, 0.5) is 13.2 Å². The molecule has 0 aliphatic heterocycles. The molecular weight excluding hydrogens is 277 g/mol. The Kier molecular flexibility index (Phi) is 4.86. The van der Waals surface area contributed by atoms with Crippen LogP contribution >= 0.6 is 0 Å². The Morgan fingerprint density at radius 1 is 1.25 bits per heavy atom. The van der Waals surface area contributed by atoms with E-state index in [2.05, 4.69) is 0 Å². The first-order valence-corrected chi connectivity index (χ1v) is 5.76. The molecule has 0 aliphatic carbocycles. The minimum atomic E-state index is -4.57. The lowest BCUT2D eigenvalue weighted by Crippen LogP contribution is -2.14. The van der Waals surface area contributed by atoms with E-state index in [4.69, 9.17) is 14.6 Å². The summed E-state index contributed by atoms with van der Waals surface area (Å²) in [4.78, 5) is 10.8. The van der Waals surface area contributed by atoms with Gasteiger partial charge < -0.3 is 14.6 Å². The molecular formula is C13H15F3O4. The zero-order valence-corrected chi connectivity index (χ0v) is 11.2. The van der Waals surface area contributed by atoms with E-state index in [1.807, 2.05) is 0 Å². The molecule has 1 N–H and O–H groups in total. The van der Waals surface area contributed by atoms with Gasteiger partial charge in [-0.05, 0) is 18.1 Å². The largest absolute Gasteiger partial charge is 0.493 e. The highest BCUT2D eigenvalue weighted by atomic mass is 19.4. The maximum Gasteiger partial charge on any atom is 0.420 e. The van der Waals surface area contributed by atoms with E-state index >= 15 is 0 Å². The van der Waals surface area contributed by atoms with Crippen LogP contribution in [0.2, 0.25) is 0 Å². The van der Waals surface area contributed by atoms with Crippen molar-refractivity contribution in [2.45, 2.75) is 19.5 Å². The quantitative estimate of drug-likeness (QED) is 0.906. The number of halogens is 3. The highest BCUT2D eigenvalue weighted by Crippen LogP contribution is 2.43. The van der Waals surface area contributed by atoms with Crippen LogP contribution < -0.4 is 9.47 Å². The topological polar surface area (TPSA) is 55.8 Å². The Hall–Kier alpha value is -1.92. The summed E-state index contributed by atoms with van der Waals surface area (Å²) in [5.41, 5.74) is -0.601. The van der Waals surface area contributed by atoms with Gasteiger partial charge in [0.15, 0.2) is 11.5 Å². The number of benzene rings is 1. The van der Waals surface area contributed by atoms with Crippen LogP contribution in [-0.2, 0) is 17.4 Å². The van der Waals surface area contributed by atoms with Gasteiger partial charge in [0.25, 0.3) is 0 Å². The van der Waals surface area contributed by atoms with Gasteiger partial charge in [-0.1, -0.05) is 13.0 Å². The molecule has 0 aliphatic rings. The fourth-order valence-electron chi connectivity index (χ4n) is 1.83. The van der Waals surface area contributed by atoms with Gasteiger partial charge in [-0.15, -0.1) is 0 Å². The van der Waals surface area contributed by atoms with E-state index in [9.17, 15) is 18.0 Å². The van der Waals surface area contributed by atoms with Crippen LogP contribution in [0.3, 0.4) is 0 Å². The molecule has 0 saturated heterocycles. The van der Waals surface area contributed by atoms with Crippen molar-refractivity contribution < 1.29 is 32.5 Å². The number of methoxy groups -OCH3 is 2. The molecule has 0 fully saturated rings. The zero-order chi connectivity index (χ0) is 15.5. The van der Waals surface area contributed by atoms with Crippen LogP contribution in [0.1, 0.15) is 18.1 Å². The zero-order valence-electron chi connectivity index (χ0n) is 11.2. The number of carboxylic acid groups (broad SMARTS) is 1. The van der Waals surface area contributed by atoms with Crippen molar-refractivity contribution in [3.8, 4) is 11.5 Å². The molecule has 0 radical (unpaired) electrons. The third-order valence-electron chi connectivity index (χ3n) is 2.86. The molecule has 20 heavy (non-hydrogen) atoms. The van der Waals surface area contributed by atoms with Gasteiger partial charge in [0, 0.05) is 0 Å². The summed E-state index contributed by atoms with van der Waals surface area (Å²) < 4.78 is 48.3. The number of carboxylic acids is 1. The normalized spacial score (nSPS) is 12.9. The Labute approximate surface area is 114 Å². The third kappa shape index (κ3) is 3.34. The molecule has 112 valence electrons. The van der Waals surface area contributed by atoms with Gasteiger partial charge >= 0.3 is 12.1 Å². The Morgan fingerprint density at radius 2 is 1.80 bits per heavy atom. The van der Waals surface area contributed by atoms with Gasteiger partial charge in [0.05, 0.1) is 20.1 Å². The van der Waals surface area contributed by atoms with E-state index in [-0.39, 0.29) is 12.2 Å².